The van der Waals surface area contributed by atoms with Crippen molar-refractivity contribution < 1.29 is 19.1 Å². The summed E-state index contributed by atoms with van der Waals surface area (Å²) in [5, 5.41) is 5.68. The van der Waals surface area contributed by atoms with Gasteiger partial charge in [-0.1, -0.05) is 71.2 Å². The van der Waals surface area contributed by atoms with Crippen LogP contribution in [0.1, 0.15) is 32.0 Å². The van der Waals surface area contributed by atoms with E-state index >= 15 is 0 Å². The first-order chi connectivity index (χ1) is 19.3. The number of hydrogen-bond acceptors (Lipinski definition) is 5. The fourth-order valence-electron chi connectivity index (χ4n) is 4.23. The van der Waals surface area contributed by atoms with Gasteiger partial charge in [0.25, 0.3) is 5.91 Å². The largest absolute Gasteiger partial charge is 0.493 e. The van der Waals surface area contributed by atoms with Crippen LogP contribution in [0.4, 0.5) is 0 Å². The van der Waals surface area contributed by atoms with Crippen LogP contribution < -0.4 is 14.9 Å². The van der Waals surface area contributed by atoms with Crippen LogP contribution in [0.25, 0.3) is 22.0 Å². The number of benzene rings is 4. The number of nitrogens with zero attached hydrogens (tertiary/aromatic N) is 1. The highest BCUT2D eigenvalue weighted by Gasteiger charge is 2.21. The highest BCUT2D eigenvalue weighted by molar-refractivity contribution is 6.40. The van der Waals surface area contributed by atoms with E-state index in [1.165, 1.54) is 13.3 Å². The van der Waals surface area contributed by atoms with Crippen molar-refractivity contribution in [1.29, 1.82) is 0 Å². The van der Waals surface area contributed by atoms with Crippen LogP contribution in [0.15, 0.2) is 90.0 Å². The zero-order chi connectivity index (χ0) is 28.2. The fourth-order valence-corrected chi connectivity index (χ4v) is 4.82. The molecule has 5 aromatic rings. The number of carbonyl (C=O) groups excluding carboxylic acids is 2. The van der Waals surface area contributed by atoms with Crippen molar-refractivity contribution in [3.63, 3.8) is 0 Å². The Hall–Kier alpha value is -4.59. The summed E-state index contributed by atoms with van der Waals surface area (Å²) in [7, 11) is 1.47. The number of H-pyrrole nitrogens is 1. The van der Waals surface area contributed by atoms with E-state index in [1.807, 2.05) is 49.4 Å². The van der Waals surface area contributed by atoms with Gasteiger partial charge in [-0.25, -0.2) is 10.2 Å². The van der Waals surface area contributed by atoms with E-state index < -0.39 is 11.9 Å². The Morgan fingerprint density at radius 1 is 0.925 bits per heavy atom. The van der Waals surface area contributed by atoms with Crippen molar-refractivity contribution in [3.05, 3.63) is 117 Å². The first-order valence-electron chi connectivity index (χ1n) is 12.2. The summed E-state index contributed by atoms with van der Waals surface area (Å²) in [6.45, 7) is 1.94. The lowest BCUT2D eigenvalue weighted by atomic mass is 10.0. The molecule has 0 saturated heterocycles. The second kappa shape index (κ2) is 11.7. The van der Waals surface area contributed by atoms with Crippen molar-refractivity contribution >= 4 is 52.2 Å². The van der Waals surface area contributed by atoms with Crippen LogP contribution in [-0.2, 0) is 0 Å². The molecule has 40 heavy (non-hydrogen) atoms. The Morgan fingerprint density at radius 3 is 2.40 bits per heavy atom. The molecule has 0 spiro atoms. The molecule has 0 aliphatic rings. The Morgan fingerprint density at radius 2 is 1.68 bits per heavy atom. The standard InChI is InChI=1S/C31H23Cl2N3O4/c1-18-8-11-21(12-9-18)31(38)40-25-13-10-19(14-26(25)39-2)17-34-36-30(37)29-27(20-6-4-3-5-7-20)28-23(33)15-22(32)16-24(28)35-29/h3-17,35H,1-2H3,(H,36,37). The number of fused-ring (bicyclic) bond motifs is 1. The molecule has 9 heteroatoms. The summed E-state index contributed by atoms with van der Waals surface area (Å²) >= 11 is 12.7. The lowest BCUT2D eigenvalue weighted by Gasteiger charge is -2.10. The average molecular weight is 572 g/mol. The van der Waals surface area contributed by atoms with Gasteiger partial charge in [-0.05, 0) is 60.5 Å². The van der Waals surface area contributed by atoms with Crippen LogP contribution in [0.3, 0.4) is 0 Å². The Kier molecular flexibility index (Phi) is 7.86. The van der Waals surface area contributed by atoms with E-state index in [2.05, 4.69) is 15.5 Å². The zero-order valence-corrected chi connectivity index (χ0v) is 23.0. The molecular formula is C31H23Cl2N3O4. The number of aryl methyl sites for hydroxylation is 1. The van der Waals surface area contributed by atoms with Gasteiger partial charge in [0, 0.05) is 21.5 Å². The van der Waals surface area contributed by atoms with Gasteiger partial charge in [-0.3, -0.25) is 4.79 Å². The average Bonchev–Trinajstić information content (AvgIpc) is 3.34. The van der Waals surface area contributed by atoms with E-state index in [0.717, 1.165) is 11.1 Å². The minimum atomic E-state index is -0.499. The molecule has 1 aromatic heterocycles. The molecule has 0 saturated carbocycles. The van der Waals surface area contributed by atoms with E-state index in [0.29, 0.717) is 49.1 Å². The summed E-state index contributed by atoms with van der Waals surface area (Å²) in [5.41, 5.74) is 7.02. The zero-order valence-electron chi connectivity index (χ0n) is 21.5. The molecule has 7 nitrogen and oxygen atoms in total. The number of nitrogens with one attached hydrogen (secondary N) is 2. The third-order valence-electron chi connectivity index (χ3n) is 6.16. The van der Waals surface area contributed by atoms with Gasteiger partial charge in [0.1, 0.15) is 5.69 Å². The number of amides is 1. The smallest absolute Gasteiger partial charge is 0.343 e. The van der Waals surface area contributed by atoms with Gasteiger partial charge in [-0.15, -0.1) is 0 Å². The number of aromatic amines is 1. The number of esters is 1. The molecule has 0 aliphatic carbocycles. The summed E-state index contributed by atoms with van der Waals surface area (Å²) in [4.78, 5) is 28.9. The second-order valence-corrected chi connectivity index (χ2v) is 9.76. The number of methoxy groups -OCH3 is 1. The number of hydrazone groups is 1. The van der Waals surface area contributed by atoms with Gasteiger partial charge in [0.15, 0.2) is 11.5 Å². The molecule has 0 atom stereocenters. The highest BCUT2D eigenvalue weighted by Crippen LogP contribution is 2.38. The Balaban J connectivity index is 1.36. The van der Waals surface area contributed by atoms with E-state index in [4.69, 9.17) is 32.7 Å². The molecular weight excluding hydrogens is 549 g/mol. The van der Waals surface area contributed by atoms with E-state index in [9.17, 15) is 9.59 Å². The van der Waals surface area contributed by atoms with Gasteiger partial charge in [0.05, 0.1) is 23.9 Å². The predicted molar refractivity (Wildman–Crippen MR) is 158 cm³/mol. The van der Waals surface area contributed by atoms with Crippen LogP contribution in [0.5, 0.6) is 11.5 Å². The van der Waals surface area contributed by atoms with Gasteiger partial charge in [0.2, 0.25) is 0 Å². The molecule has 0 unspecified atom stereocenters. The number of ether oxygens (including phenoxy) is 2. The Bertz CT molecular complexity index is 1750. The molecule has 0 radical (unpaired) electrons. The van der Waals surface area contributed by atoms with Crippen LogP contribution in [0.2, 0.25) is 10.0 Å². The van der Waals surface area contributed by atoms with E-state index in [-0.39, 0.29) is 5.75 Å². The molecule has 0 bridgehead atoms. The fraction of sp³-hybridized carbons (Fsp3) is 0.0645. The third kappa shape index (κ3) is 5.71. The SMILES string of the molecule is COc1cc(C=NNC(=O)c2[nH]c3cc(Cl)cc(Cl)c3c2-c2ccccc2)ccc1OC(=O)c1ccc(C)cc1. The van der Waals surface area contributed by atoms with Crippen molar-refractivity contribution in [3.8, 4) is 22.6 Å². The molecule has 200 valence electrons. The molecule has 1 amide bonds. The first-order valence-corrected chi connectivity index (χ1v) is 13.0. The summed E-state index contributed by atoms with van der Waals surface area (Å²) in [5.74, 6) is -0.366. The second-order valence-electron chi connectivity index (χ2n) is 8.92. The summed E-state index contributed by atoms with van der Waals surface area (Å²) in [6.07, 6.45) is 1.46. The van der Waals surface area contributed by atoms with Crippen molar-refractivity contribution in [2.75, 3.05) is 7.11 Å². The van der Waals surface area contributed by atoms with Crippen molar-refractivity contribution in [1.82, 2.24) is 10.4 Å². The maximum absolute atomic E-state index is 13.2. The van der Waals surface area contributed by atoms with E-state index in [1.54, 1.807) is 42.5 Å². The summed E-state index contributed by atoms with van der Waals surface area (Å²) in [6, 6.07) is 24.8. The van der Waals surface area contributed by atoms with Crippen LogP contribution in [-0.4, -0.2) is 30.2 Å². The topological polar surface area (TPSA) is 92.8 Å². The monoisotopic (exact) mass is 571 g/mol. The number of halogens is 2. The summed E-state index contributed by atoms with van der Waals surface area (Å²) < 4.78 is 10.9. The highest BCUT2D eigenvalue weighted by atomic mass is 35.5. The third-order valence-corrected chi connectivity index (χ3v) is 6.68. The molecule has 4 aromatic carbocycles. The predicted octanol–water partition coefficient (Wildman–Crippen LogP) is 7.44. The lowest BCUT2D eigenvalue weighted by Crippen LogP contribution is -2.18. The minimum absolute atomic E-state index is 0.260. The maximum Gasteiger partial charge on any atom is 0.343 e. The minimum Gasteiger partial charge on any atom is -0.493 e. The van der Waals surface area contributed by atoms with Gasteiger partial charge >= 0.3 is 5.97 Å². The Labute approximate surface area is 240 Å². The van der Waals surface area contributed by atoms with Gasteiger partial charge in [-0.2, -0.15) is 5.10 Å². The normalized spacial score (nSPS) is 11.1. The number of carbonyl (C=O) groups is 2. The van der Waals surface area contributed by atoms with Crippen molar-refractivity contribution in [2.24, 2.45) is 5.10 Å². The lowest BCUT2D eigenvalue weighted by molar-refractivity contribution is 0.0729. The number of aromatic nitrogens is 1. The molecule has 1 heterocycles. The molecule has 2 N–H and O–H groups in total. The molecule has 5 rings (SSSR count). The molecule has 0 fully saturated rings. The van der Waals surface area contributed by atoms with Gasteiger partial charge < -0.3 is 14.5 Å². The molecule has 0 aliphatic heterocycles. The van der Waals surface area contributed by atoms with Crippen LogP contribution >= 0.6 is 23.2 Å². The van der Waals surface area contributed by atoms with Crippen LogP contribution in [0, 0.1) is 6.92 Å². The number of hydrogen-bond donors (Lipinski definition) is 2. The van der Waals surface area contributed by atoms with Crippen molar-refractivity contribution in [2.45, 2.75) is 6.92 Å². The first kappa shape index (κ1) is 27.0. The number of rotatable bonds is 7. The quantitative estimate of drug-likeness (QED) is 0.0918. The maximum atomic E-state index is 13.2.